The maximum atomic E-state index is 4.74. The van der Waals surface area contributed by atoms with Gasteiger partial charge in [0.15, 0.2) is 6.04 Å². The molecule has 4 heteroatoms. The van der Waals surface area contributed by atoms with Crippen LogP contribution in [-0.4, -0.2) is 43.2 Å². The number of fused-ring (bicyclic) bond motifs is 1. The molecule has 0 spiro atoms. The smallest absolute Gasteiger partial charge is 0.159 e. The minimum atomic E-state index is 0.301. The van der Waals surface area contributed by atoms with Crippen LogP contribution in [0.4, 0.5) is 0 Å². The fourth-order valence-electron chi connectivity index (χ4n) is 4.06. The highest BCUT2D eigenvalue weighted by Gasteiger charge is 2.34. The summed E-state index contributed by atoms with van der Waals surface area (Å²) < 4.78 is 0. The monoisotopic (exact) mass is 322 g/mol. The molecule has 1 atom stereocenters. The number of aryl methyl sites for hydroxylation is 1. The van der Waals surface area contributed by atoms with Gasteiger partial charge in [0.2, 0.25) is 0 Å². The number of para-hydroxylation sites is 1. The highest BCUT2D eigenvalue weighted by Crippen LogP contribution is 2.29. The number of aromatic nitrogens is 2. The van der Waals surface area contributed by atoms with Crippen LogP contribution in [0.1, 0.15) is 23.0 Å². The Bertz CT molecular complexity index is 816. The van der Waals surface area contributed by atoms with E-state index in [0.717, 1.165) is 0 Å². The van der Waals surface area contributed by atoms with Gasteiger partial charge in [0, 0.05) is 28.4 Å². The third-order valence-electron chi connectivity index (χ3n) is 5.37. The zero-order chi connectivity index (χ0) is 16.5. The van der Waals surface area contributed by atoms with Crippen molar-refractivity contribution in [3.8, 4) is 0 Å². The summed E-state index contributed by atoms with van der Waals surface area (Å²) >= 11 is 0. The lowest BCUT2D eigenvalue weighted by molar-refractivity contribution is -1.02. The number of aromatic amines is 1. The van der Waals surface area contributed by atoms with E-state index in [2.05, 4.69) is 55.4 Å². The first-order valence-electron chi connectivity index (χ1n) is 8.88. The van der Waals surface area contributed by atoms with E-state index in [1.807, 2.05) is 12.3 Å². The Morgan fingerprint density at radius 3 is 2.50 bits per heavy atom. The molecule has 0 amide bonds. The predicted molar refractivity (Wildman–Crippen MR) is 96.4 cm³/mol. The fourth-order valence-corrected chi connectivity index (χ4v) is 4.06. The molecule has 4 rings (SSSR count). The molecule has 4 nitrogen and oxygen atoms in total. The first-order valence-corrected chi connectivity index (χ1v) is 8.88. The Labute approximate surface area is 143 Å². The van der Waals surface area contributed by atoms with E-state index in [4.69, 9.17) is 4.98 Å². The summed E-state index contributed by atoms with van der Waals surface area (Å²) in [5.74, 6) is 0. The standard InChI is InChI=1S/C20H24N4/c1-15-19(16-7-3-4-8-17(16)22-15)20(18-9-5-6-10-21-18)24-13-11-23(2)12-14-24/h3-10,20,22H,11-14H2,1-2H3/p+2/t20-/m0/s1. The second-order valence-corrected chi connectivity index (χ2v) is 7.01. The molecule has 1 fully saturated rings. The number of nitrogens with zero attached hydrogens (tertiary/aromatic N) is 1. The summed E-state index contributed by atoms with van der Waals surface area (Å²) in [4.78, 5) is 11.6. The highest BCUT2D eigenvalue weighted by atomic mass is 15.3. The second kappa shape index (κ2) is 6.38. The van der Waals surface area contributed by atoms with Crippen LogP contribution in [0.2, 0.25) is 0 Å². The van der Waals surface area contributed by atoms with Crippen molar-refractivity contribution in [3.63, 3.8) is 0 Å². The molecule has 0 saturated carbocycles. The average Bonchev–Trinajstić information content (AvgIpc) is 2.94. The molecule has 1 aliphatic rings. The van der Waals surface area contributed by atoms with Crippen molar-refractivity contribution in [2.45, 2.75) is 13.0 Å². The number of benzene rings is 1. The molecule has 1 aromatic carbocycles. The number of pyridine rings is 1. The van der Waals surface area contributed by atoms with Crippen molar-refractivity contribution in [1.29, 1.82) is 0 Å². The number of rotatable bonds is 3. The summed E-state index contributed by atoms with van der Waals surface area (Å²) in [5, 5.41) is 1.34. The van der Waals surface area contributed by atoms with Crippen LogP contribution in [0.3, 0.4) is 0 Å². The minimum Gasteiger partial charge on any atom is -0.358 e. The van der Waals surface area contributed by atoms with Gasteiger partial charge in [-0.2, -0.15) is 0 Å². The van der Waals surface area contributed by atoms with Crippen molar-refractivity contribution in [2.24, 2.45) is 0 Å². The van der Waals surface area contributed by atoms with Gasteiger partial charge in [-0.1, -0.05) is 24.3 Å². The molecular weight excluding hydrogens is 296 g/mol. The molecule has 3 aromatic rings. The van der Waals surface area contributed by atoms with Crippen molar-refractivity contribution >= 4 is 10.9 Å². The highest BCUT2D eigenvalue weighted by molar-refractivity contribution is 5.85. The van der Waals surface area contributed by atoms with E-state index in [-0.39, 0.29) is 0 Å². The van der Waals surface area contributed by atoms with Crippen LogP contribution >= 0.6 is 0 Å². The predicted octanol–water partition coefficient (Wildman–Crippen LogP) is 0.374. The largest absolute Gasteiger partial charge is 0.358 e. The lowest BCUT2D eigenvalue weighted by atomic mass is 9.97. The quantitative estimate of drug-likeness (QED) is 0.641. The van der Waals surface area contributed by atoms with Crippen molar-refractivity contribution < 1.29 is 9.80 Å². The Balaban J connectivity index is 1.84. The van der Waals surface area contributed by atoms with Gasteiger partial charge >= 0.3 is 0 Å². The Morgan fingerprint density at radius 2 is 1.75 bits per heavy atom. The molecule has 124 valence electrons. The number of quaternary nitrogens is 2. The molecule has 3 N–H and O–H groups in total. The van der Waals surface area contributed by atoms with Gasteiger partial charge in [0.05, 0.1) is 7.05 Å². The molecule has 0 bridgehead atoms. The maximum Gasteiger partial charge on any atom is 0.159 e. The van der Waals surface area contributed by atoms with Crippen molar-refractivity contribution in [3.05, 3.63) is 65.6 Å². The third-order valence-corrected chi connectivity index (χ3v) is 5.37. The second-order valence-electron chi connectivity index (χ2n) is 7.01. The van der Waals surface area contributed by atoms with E-state index in [1.54, 1.807) is 9.80 Å². The Morgan fingerprint density at radius 1 is 1.00 bits per heavy atom. The van der Waals surface area contributed by atoms with Crippen LogP contribution in [-0.2, 0) is 0 Å². The molecule has 3 heterocycles. The average molecular weight is 322 g/mol. The number of hydrogen-bond donors (Lipinski definition) is 3. The number of hydrogen-bond acceptors (Lipinski definition) is 1. The molecule has 24 heavy (non-hydrogen) atoms. The van der Waals surface area contributed by atoms with Crippen LogP contribution in [0.15, 0.2) is 48.7 Å². The lowest BCUT2D eigenvalue weighted by Crippen LogP contribution is -3.27. The molecule has 0 radical (unpaired) electrons. The van der Waals surface area contributed by atoms with Crippen LogP contribution < -0.4 is 9.80 Å². The number of piperazine rings is 1. The van der Waals surface area contributed by atoms with Gasteiger partial charge < -0.3 is 14.8 Å². The molecular formula is C20H26N4+2. The number of likely N-dealkylation sites (N-methyl/N-ethyl adjacent to an activating group) is 1. The van der Waals surface area contributed by atoms with E-state index in [9.17, 15) is 0 Å². The SMILES string of the molecule is Cc1[nH]c2ccccc2c1[C@H](c1ccccn1)[NH+]1CC[NH+](C)CC1. The third kappa shape index (κ3) is 2.72. The summed E-state index contributed by atoms with van der Waals surface area (Å²) in [6.45, 7) is 7.02. The molecule has 2 aromatic heterocycles. The van der Waals surface area contributed by atoms with E-state index >= 15 is 0 Å². The van der Waals surface area contributed by atoms with Crippen molar-refractivity contribution in [2.75, 3.05) is 33.2 Å². The molecule has 0 aliphatic carbocycles. The van der Waals surface area contributed by atoms with E-state index in [0.29, 0.717) is 6.04 Å². The van der Waals surface area contributed by atoms with Gasteiger partial charge in [-0.05, 0) is 25.1 Å². The van der Waals surface area contributed by atoms with Crippen molar-refractivity contribution in [1.82, 2.24) is 9.97 Å². The number of nitrogens with one attached hydrogen (secondary N) is 3. The van der Waals surface area contributed by atoms with E-state index < -0.39 is 0 Å². The molecule has 0 unspecified atom stereocenters. The Hall–Kier alpha value is -2.17. The van der Waals surface area contributed by atoms with Crippen LogP contribution in [0.5, 0.6) is 0 Å². The van der Waals surface area contributed by atoms with Gasteiger partial charge in [-0.15, -0.1) is 0 Å². The molecule has 1 saturated heterocycles. The van der Waals surface area contributed by atoms with Gasteiger partial charge in [-0.25, -0.2) is 0 Å². The minimum absolute atomic E-state index is 0.301. The van der Waals surface area contributed by atoms with Gasteiger partial charge in [-0.3, -0.25) is 4.98 Å². The van der Waals surface area contributed by atoms with Crippen LogP contribution in [0.25, 0.3) is 10.9 Å². The lowest BCUT2D eigenvalue weighted by Gasteiger charge is -2.33. The summed E-state index contributed by atoms with van der Waals surface area (Å²) in [5.41, 5.74) is 5.09. The Kier molecular flexibility index (Phi) is 4.08. The molecule has 1 aliphatic heterocycles. The topological polar surface area (TPSA) is 37.6 Å². The van der Waals surface area contributed by atoms with E-state index in [1.165, 1.54) is 54.0 Å². The number of H-pyrrole nitrogens is 1. The summed E-state index contributed by atoms with van der Waals surface area (Å²) in [7, 11) is 2.30. The summed E-state index contributed by atoms with van der Waals surface area (Å²) in [6.07, 6.45) is 1.92. The zero-order valence-electron chi connectivity index (χ0n) is 14.5. The van der Waals surface area contributed by atoms with Crippen LogP contribution in [0, 0.1) is 6.92 Å². The first-order chi connectivity index (χ1) is 11.7. The van der Waals surface area contributed by atoms with Gasteiger partial charge in [0.25, 0.3) is 0 Å². The summed E-state index contributed by atoms with van der Waals surface area (Å²) in [6, 6.07) is 15.3. The fraction of sp³-hybridized carbons (Fsp3) is 0.350. The maximum absolute atomic E-state index is 4.74. The normalized spacial score (nSPS) is 22.6. The van der Waals surface area contributed by atoms with Gasteiger partial charge in [0.1, 0.15) is 31.9 Å². The zero-order valence-corrected chi connectivity index (χ0v) is 14.5. The first kappa shape index (κ1) is 15.4.